The normalized spacial score (nSPS) is 33.6. The fraction of sp³-hybridized carbons (Fsp3) is 0.724. The number of allylic oxidation sites excluding steroid dienone is 1. The van der Waals surface area contributed by atoms with E-state index in [4.69, 9.17) is 0 Å². The minimum Gasteiger partial charge on any atom is -0.207 e. The zero-order valence-corrected chi connectivity index (χ0v) is 19.6. The zero-order valence-electron chi connectivity index (χ0n) is 19.6. The van der Waals surface area contributed by atoms with Crippen LogP contribution in [0.15, 0.2) is 24.8 Å². The summed E-state index contributed by atoms with van der Waals surface area (Å²) in [5.74, 6) is 4.09. The van der Waals surface area contributed by atoms with Crippen molar-refractivity contribution >= 4 is 0 Å². The number of halogens is 2. The first-order valence-electron chi connectivity index (χ1n) is 13.1. The lowest BCUT2D eigenvalue weighted by Crippen LogP contribution is -2.30. The lowest BCUT2D eigenvalue weighted by molar-refractivity contribution is 0.109. The summed E-state index contributed by atoms with van der Waals surface area (Å²) in [5.41, 5.74) is 1.12. The van der Waals surface area contributed by atoms with Gasteiger partial charge in [-0.3, -0.25) is 0 Å². The van der Waals surface area contributed by atoms with E-state index < -0.39 is 0 Å². The molecule has 0 amide bonds. The molecular weight excluding hydrogens is 386 g/mol. The monoisotopic (exact) mass is 428 g/mol. The van der Waals surface area contributed by atoms with Gasteiger partial charge in [-0.05, 0) is 98.1 Å². The fourth-order valence-corrected chi connectivity index (χ4v) is 6.98. The molecule has 172 valence electrons. The molecule has 3 saturated carbocycles. The van der Waals surface area contributed by atoms with Gasteiger partial charge in [-0.2, -0.15) is 0 Å². The third kappa shape index (κ3) is 5.79. The Morgan fingerprint density at radius 2 is 1.45 bits per heavy atom. The van der Waals surface area contributed by atoms with Crippen molar-refractivity contribution in [2.45, 2.75) is 103 Å². The molecule has 0 radical (unpaired) electrons. The molecule has 0 spiro atoms. The van der Waals surface area contributed by atoms with Crippen molar-refractivity contribution in [2.24, 2.45) is 29.6 Å². The van der Waals surface area contributed by atoms with Gasteiger partial charge in [-0.15, -0.1) is 6.58 Å². The van der Waals surface area contributed by atoms with Crippen molar-refractivity contribution < 1.29 is 8.78 Å². The van der Waals surface area contributed by atoms with Crippen molar-refractivity contribution in [3.8, 4) is 0 Å². The van der Waals surface area contributed by atoms with E-state index in [0.717, 1.165) is 48.0 Å². The molecular formula is C29H42F2. The third-order valence-corrected chi connectivity index (χ3v) is 9.07. The van der Waals surface area contributed by atoms with Gasteiger partial charge in [0.2, 0.25) is 0 Å². The molecule has 0 nitrogen and oxygen atoms in total. The van der Waals surface area contributed by atoms with Crippen LogP contribution in [-0.2, 0) is 6.42 Å². The van der Waals surface area contributed by atoms with Gasteiger partial charge in [0.1, 0.15) is 11.6 Å². The van der Waals surface area contributed by atoms with Gasteiger partial charge >= 0.3 is 0 Å². The first kappa shape index (κ1) is 23.0. The van der Waals surface area contributed by atoms with E-state index in [1.807, 2.05) is 0 Å². The third-order valence-electron chi connectivity index (χ3n) is 9.07. The molecule has 3 fully saturated rings. The Morgan fingerprint density at radius 1 is 0.839 bits per heavy atom. The molecule has 4 atom stereocenters. The maximum absolute atomic E-state index is 14.6. The van der Waals surface area contributed by atoms with Gasteiger partial charge in [0.05, 0.1) is 0 Å². The van der Waals surface area contributed by atoms with Crippen molar-refractivity contribution in [2.75, 3.05) is 0 Å². The van der Waals surface area contributed by atoms with Crippen molar-refractivity contribution in [1.82, 2.24) is 0 Å². The van der Waals surface area contributed by atoms with Gasteiger partial charge < -0.3 is 0 Å². The lowest BCUT2D eigenvalue weighted by Gasteiger charge is -2.43. The SMILES string of the molecule is C=CCCc1c(F)cc(C2CCC3CC(CCC4CCC(C)CC4)CCC3C2)cc1F. The highest BCUT2D eigenvalue weighted by Gasteiger charge is 2.36. The van der Waals surface area contributed by atoms with Crippen molar-refractivity contribution in [3.05, 3.63) is 47.5 Å². The Balaban J connectivity index is 1.28. The predicted molar refractivity (Wildman–Crippen MR) is 126 cm³/mol. The molecule has 3 aliphatic rings. The standard InChI is InChI=1S/C29H42F2/c1-3-4-5-27-28(30)18-26(19-29(27)31)25-15-14-23-16-22(12-13-24(23)17-25)11-10-21-8-6-20(2)7-9-21/h3,18-25H,1,4-17H2,2H3. The van der Waals surface area contributed by atoms with E-state index in [1.165, 1.54) is 64.2 Å². The number of benzene rings is 1. The second-order valence-corrected chi connectivity index (χ2v) is 11.2. The molecule has 0 saturated heterocycles. The lowest BCUT2D eigenvalue weighted by atomic mass is 9.63. The van der Waals surface area contributed by atoms with E-state index in [-0.39, 0.29) is 17.2 Å². The number of hydrogen-bond donors (Lipinski definition) is 0. The fourth-order valence-electron chi connectivity index (χ4n) is 6.98. The average molecular weight is 429 g/mol. The zero-order chi connectivity index (χ0) is 21.8. The van der Waals surface area contributed by atoms with Gasteiger partial charge in [-0.1, -0.05) is 57.9 Å². The highest BCUT2D eigenvalue weighted by molar-refractivity contribution is 5.29. The van der Waals surface area contributed by atoms with E-state index in [1.54, 1.807) is 18.2 Å². The van der Waals surface area contributed by atoms with E-state index >= 15 is 0 Å². The molecule has 0 aliphatic heterocycles. The van der Waals surface area contributed by atoms with Crippen molar-refractivity contribution in [3.63, 3.8) is 0 Å². The summed E-state index contributed by atoms with van der Waals surface area (Å²) in [4.78, 5) is 0. The second-order valence-electron chi connectivity index (χ2n) is 11.2. The summed E-state index contributed by atoms with van der Waals surface area (Å²) in [5, 5.41) is 0. The molecule has 1 aromatic carbocycles. The van der Waals surface area contributed by atoms with Gasteiger partial charge in [0, 0.05) is 5.56 Å². The molecule has 2 heteroatoms. The minimum atomic E-state index is -0.361. The van der Waals surface area contributed by atoms with Gasteiger partial charge in [0.15, 0.2) is 0 Å². The summed E-state index contributed by atoms with van der Waals surface area (Å²) in [6, 6.07) is 3.26. The minimum absolute atomic E-state index is 0.227. The predicted octanol–water partition coefficient (Wildman–Crippen LogP) is 8.99. The largest absolute Gasteiger partial charge is 0.207 e. The summed E-state index contributed by atoms with van der Waals surface area (Å²) in [6.07, 6.45) is 19.0. The van der Waals surface area contributed by atoms with E-state index in [2.05, 4.69) is 13.5 Å². The summed E-state index contributed by atoms with van der Waals surface area (Å²) >= 11 is 0. The molecule has 3 aliphatic carbocycles. The van der Waals surface area contributed by atoms with Crippen LogP contribution in [0.5, 0.6) is 0 Å². The Hall–Kier alpha value is -1.18. The van der Waals surface area contributed by atoms with Crippen LogP contribution in [0.3, 0.4) is 0 Å². The Kier molecular flexibility index (Phi) is 7.88. The first-order chi connectivity index (χ1) is 15.0. The van der Waals surface area contributed by atoms with Crippen LogP contribution in [0.25, 0.3) is 0 Å². The molecule has 0 N–H and O–H groups in total. The molecule has 0 bridgehead atoms. The maximum atomic E-state index is 14.6. The number of rotatable bonds is 7. The first-order valence-corrected chi connectivity index (χ1v) is 13.1. The van der Waals surface area contributed by atoms with Crippen LogP contribution in [0.1, 0.15) is 107 Å². The Morgan fingerprint density at radius 3 is 2.16 bits per heavy atom. The maximum Gasteiger partial charge on any atom is 0.129 e. The van der Waals surface area contributed by atoms with Crippen molar-refractivity contribution in [1.29, 1.82) is 0 Å². The summed E-state index contributed by atoms with van der Waals surface area (Å²) in [6.45, 7) is 6.07. The molecule has 31 heavy (non-hydrogen) atoms. The smallest absolute Gasteiger partial charge is 0.129 e. The highest BCUT2D eigenvalue weighted by Crippen LogP contribution is 2.49. The Bertz CT molecular complexity index is 707. The van der Waals surface area contributed by atoms with E-state index in [0.29, 0.717) is 18.8 Å². The second kappa shape index (κ2) is 10.6. The average Bonchev–Trinajstić information content (AvgIpc) is 2.77. The summed E-state index contributed by atoms with van der Waals surface area (Å²) in [7, 11) is 0. The van der Waals surface area contributed by atoms with Crippen LogP contribution in [0, 0.1) is 41.2 Å². The molecule has 1 aromatic rings. The van der Waals surface area contributed by atoms with Crippen LogP contribution in [0.2, 0.25) is 0 Å². The molecule has 0 heterocycles. The quantitative estimate of drug-likeness (QED) is 0.380. The molecule has 4 rings (SSSR count). The topological polar surface area (TPSA) is 0 Å². The highest BCUT2D eigenvalue weighted by atomic mass is 19.1. The Labute approximate surface area is 188 Å². The van der Waals surface area contributed by atoms with Gasteiger partial charge in [0.25, 0.3) is 0 Å². The molecule has 4 unspecified atom stereocenters. The van der Waals surface area contributed by atoms with E-state index in [9.17, 15) is 8.78 Å². The van der Waals surface area contributed by atoms with Crippen LogP contribution < -0.4 is 0 Å². The van der Waals surface area contributed by atoms with Gasteiger partial charge in [-0.25, -0.2) is 8.78 Å². The molecule has 0 aromatic heterocycles. The van der Waals surface area contributed by atoms with Crippen LogP contribution in [0.4, 0.5) is 8.78 Å². The van der Waals surface area contributed by atoms with Crippen LogP contribution >= 0.6 is 0 Å². The number of fused-ring (bicyclic) bond motifs is 1. The van der Waals surface area contributed by atoms with Crippen LogP contribution in [-0.4, -0.2) is 0 Å². The summed E-state index contributed by atoms with van der Waals surface area (Å²) < 4.78 is 29.1. The number of hydrogen-bond acceptors (Lipinski definition) is 0.